The molecule has 0 unspecified atom stereocenters. The Hall–Kier alpha value is -2.82. The predicted octanol–water partition coefficient (Wildman–Crippen LogP) is 2.90. The lowest BCUT2D eigenvalue weighted by atomic mass is 10.2. The number of sulfonamides is 1. The number of halogens is 1. The summed E-state index contributed by atoms with van der Waals surface area (Å²) in [6.45, 7) is 6.19. The molecule has 0 heterocycles. The van der Waals surface area contributed by atoms with Crippen LogP contribution in [-0.2, 0) is 19.6 Å². The van der Waals surface area contributed by atoms with Gasteiger partial charge in [0.2, 0.25) is 15.9 Å². The van der Waals surface area contributed by atoms with Crippen molar-refractivity contribution < 1.29 is 27.5 Å². The molecule has 0 radical (unpaired) electrons. The van der Waals surface area contributed by atoms with Gasteiger partial charge < -0.3 is 19.7 Å². The van der Waals surface area contributed by atoms with Crippen LogP contribution in [0.5, 0.6) is 11.5 Å². The molecule has 11 heteroatoms. The van der Waals surface area contributed by atoms with Gasteiger partial charge in [-0.2, -0.15) is 4.72 Å². The van der Waals surface area contributed by atoms with Crippen LogP contribution in [0, 0.1) is 0 Å². The maximum atomic E-state index is 12.5. The number of hydrogen-bond acceptors (Lipinski definition) is 6. The summed E-state index contributed by atoms with van der Waals surface area (Å²) in [6.07, 6.45) is 0. The maximum Gasteiger partial charge on any atom is 0.260 e. The van der Waals surface area contributed by atoms with E-state index in [9.17, 15) is 18.0 Å². The summed E-state index contributed by atoms with van der Waals surface area (Å²) in [7, 11) is -2.44. The number of anilines is 1. The van der Waals surface area contributed by atoms with Crippen LogP contribution < -0.4 is 19.5 Å². The van der Waals surface area contributed by atoms with E-state index in [1.807, 2.05) is 13.8 Å². The normalized spacial score (nSPS) is 12.0. The van der Waals surface area contributed by atoms with Crippen LogP contribution in [0.3, 0.4) is 0 Å². The molecule has 2 N–H and O–H groups in total. The molecule has 9 nitrogen and oxygen atoms in total. The second kappa shape index (κ2) is 11.9. The largest absolute Gasteiger partial charge is 0.497 e. The van der Waals surface area contributed by atoms with Crippen LogP contribution in [0.2, 0.25) is 5.02 Å². The van der Waals surface area contributed by atoms with Crippen LogP contribution in [0.4, 0.5) is 5.69 Å². The fraction of sp³-hybridized carbons (Fsp3) is 0.364. The standard InChI is InChI=1S/C22H28ClN3O6S/c1-5-26(6-2)21(27)14-32-20-12-7-16(13-19(20)23)24-22(28)15(3)25-33(29,30)18-10-8-17(31-4)9-11-18/h7-13,15,25H,5-6,14H2,1-4H3,(H,24,28)/t15-/m0/s1. The molecule has 2 aromatic carbocycles. The van der Waals surface area contributed by atoms with Gasteiger partial charge >= 0.3 is 0 Å². The lowest BCUT2D eigenvalue weighted by molar-refractivity contribution is -0.133. The number of nitrogens with one attached hydrogen (secondary N) is 2. The molecule has 0 aliphatic heterocycles. The summed E-state index contributed by atoms with van der Waals surface area (Å²) in [5, 5.41) is 2.80. The van der Waals surface area contributed by atoms with Crippen molar-refractivity contribution in [2.75, 3.05) is 32.1 Å². The number of ether oxygens (including phenoxy) is 2. The molecule has 0 aliphatic rings. The fourth-order valence-electron chi connectivity index (χ4n) is 2.86. The summed E-state index contributed by atoms with van der Waals surface area (Å²) in [5.41, 5.74) is 0.350. The average molecular weight is 498 g/mol. The Labute approximate surface area is 199 Å². The van der Waals surface area contributed by atoms with E-state index in [2.05, 4.69) is 10.0 Å². The van der Waals surface area contributed by atoms with E-state index in [-0.39, 0.29) is 22.4 Å². The lowest BCUT2D eigenvalue weighted by Gasteiger charge is -2.19. The second-order valence-corrected chi connectivity index (χ2v) is 9.13. The lowest BCUT2D eigenvalue weighted by Crippen LogP contribution is -2.41. The molecule has 2 aromatic rings. The smallest absolute Gasteiger partial charge is 0.260 e. The predicted molar refractivity (Wildman–Crippen MR) is 126 cm³/mol. The highest BCUT2D eigenvalue weighted by Gasteiger charge is 2.22. The van der Waals surface area contributed by atoms with Gasteiger partial charge in [0.1, 0.15) is 11.5 Å². The Balaban J connectivity index is 1.98. The number of benzene rings is 2. The Morgan fingerprint density at radius 1 is 1.09 bits per heavy atom. The average Bonchev–Trinajstić information content (AvgIpc) is 2.79. The molecule has 0 aromatic heterocycles. The molecule has 2 amide bonds. The topological polar surface area (TPSA) is 114 Å². The van der Waals surface area contributed by atoms with Gasteiger partial charge in [0.15, 0.2) is 6.61 Å². The number of hydrogen-bond donors (Lipinski definition) is 2. The number of rotatable bonds is 11. The number of amides is 2. The van der Waals surface area contributed by atoms with E-state index >= 15 is 0 Å². The highest BCUT2D eigenvalue weighted by Crippen LogP contribution is 2.28. The van der Waals surface area contributed by atoms with Gasteiger partial charge in [-0.15, -0.1) is 0 Å². The highest BCUT2D eigenvalue weighted by molar-refractivity contribution is 7.89. The summed E-state index contributed by atoms with van der Waals surface area (Å²) < 4.78 is 37.9. The van der Waals surface area contributed by atoms with Crippen molar-refractivity contribution >= 4 is 39.1 Å². The summed E-state index contributed by atoms with van der Waals surface area (Å²) in [5.74, 6) is 0.0739. The molecule has 0 fully saturated rings. The van der Waals surface area contributed by atoms with Crippen molar-refractivity contribution in [1.29, 1.82) is 0 Å². The molecule has 0 aliphatic carbocycles. The van der Waals surface area contributed by atoms with Crippen LogP contribution in [0.1, 0.15) is 20.8 Å². The third-order valence-corrected chi connectivity index (χ3v) is 6.61. The Morgan fingerprint density at radius 2 is 1.73 bits per heavy atom. The zero-order valence-corrected chi connectivity index (χ0v) is 20.5. The minimum absolute atomic E-state index is 0.00625. The van der Waals surface area contributed by atoms with E-state index in [4.69, 9.17) is 21.1 Å². The quantitative estimate of drug-likeness (QED) is 0.493. The van der Waals surface area contributed by atoms with Crippen molar-refractivity contribution in [1.82, 2.24) is 9.62 Å². The van der Waals surface area contributed by atoms with E-state index in [1.54, 1.807) is 11.0 Å². The summed E-state index contributed by atoms with van der Waals surface area (Å²) in [6, 6.07) is 9.27. The number of carbonyl (C=O) groups is 2. The third kappa shape index (κ3) is 7.34. The molecular formula is C22H28ClN3O6S. The number of likely N-dealkylation sites (N-methyl/N-ethyl adjacent to an activating group) is 1. The van der Waals surface area contributed by atoms with Gasteiger partial charge in [0.25, 0.3) is 5.91 Å². The van der Waals surface area contributed by atoms with Crippen LogP contribution in [-0.4, -0.2) is 58.0 Å². The molecule has 1 atom stereocenters. The first-order chi connectivity index (χ1) is 15.6. The summed E-state index contributed by atoms with van der Waals surface area (Å²) >= 11 is 6.21. The molecule has 180 valence electrons. The number of carbonyl (C=O) groups excluding carboxylic acids is 2. The third-order valence-electron chi connectivity index (χ3n) is 4.76. The molecule has 2 rings (SSSR count). The van der Waals surface area contributed by atoms with Crippen LogP contribution in [0.25, 0.3) is 0 Å². The molecule has 0 spiro atoms. The molecule has 33 heavy (non-hydrogen) atoms. The second-order valence-electron chi connectivity index (χ2n) is 7.01. The van der Waals surface area contributed by atoms with Crippen molar-refractivity contribution in [3.8, 4) is 11.5 Å². The van der Waals surface area contributed by atoms with Gasteiger partial charge in [0.05, 0.1) is 23.1 Å². The zero-order chi connectivity index (χ0) is 24.6. The van der Waals surface area contributed by atoms with Crippen LogP contribution in [0.15, 0.2) is 47.4 Å². The number of methoxy groups -OCH3 is 1. The van der Waals surface area contributed by atoms with Crippen molar-refractivity contribution in [2.45, 2.75) is 31.7 Å². The molecular weight excluding hydrogens is 470 g/mol. The van der Waals surface area contributed by atoms with Gasteiger partial charge in [-0.3, -0.25) is 9.59 Å². The van der Waals surface area contributed by atoms with Crippen LogP contribution >= 0.6 is 11.6 Å². The molecule has 0 saturated heterocycles. The van der Waals surface area contributed by atoms with E-state index in [0.717, 1.165) is 0 Å². The Kier molecular flexibility index (Phi) is 9.51. The fourth-order valence-corrected chi connectivity index (χ4v) is 4.30. The van der Waals surface area contributed by atoms with Gasteiger partial charge in [0, 0.05) is 18.8 Å². The maximum absolute atomic E-state index is 12.5. The highest BCUT2D eigenvalue weighted by atomic mass is 35.5. The van der Waals surface area contributed by atoms with Crippen molar-refractivity contribution in [3.05, 3.63) is 47.5 Å². The minimum atomic E-state index is -3.91. The molecule has 0 saturated carbocycles. The SMILES string of the molecule is CCN(CC)C(=O)COc1ccc(NC(=O)[C@H](C)NS(=O)(=O)c2ccc(OC)cc2)cc1Cl. The van der Waals surface area contributed by atoms with Gasteiger partial charge in [-0.1, -0.05) is 11.6 Å². The van der Waals surface area contributed by atoms with Crippen molar-refractivity contribution in [2.24, 2.45) is 0 Å². The van der Waals surface area contributed by atoms with E-state index in [0.29, 0.717) is 30.3 Å². The van der Waals surface area contributed by atoms with Gasteiger partial charge in [-0.25, -0.2) is 8.42 Å². The van der Waals surface area contributed by atoms with Gasteiger partial charge in [-0.05, 0) is 63.2 Å². The summed E-state index contributed by atoms with van der Waals surface area (Å²) in [4.78, 5) is 26.2. The zero-order valence-electron chi connectivity index (χ0n) is 18.9. The molecule has 0 bridgehead atoms. The Bertz CT molecular complexity index is 1070. The first-order valence-electron chi connectivity index (χ1n) is 10.3. The monoisotopic (exact) mass is 497 g/mol. The first-order valence-corrected chi connectivity index (χ1v) is 12.1. The van der Waals surface area contributed by atoms with E-state index < -0.39 is 22.0 Å². The minimum Gasteiger partial charge on any atom is -0.497 e. The van der Waals surface area contributed by atoms with E-state index in [1.165, 1.54) is 50.4 Å². The van der Waals surface area contributed by atoms with Crippen molar-refractivity contribution in [3.63, 3.8) is 0 Å². The Morgan fingerprint density at radius 3 is 2.27 bits per heavy atom. The number of nitrogens with zero attached hydrogens (tertiary/aromatic N) is 1. The first kappa shape index (κ1) is 26.4.